The molecule has 3 N–H and O–H groups in total. The number of rotatable bonds is 7. The van der Waals surface area contributed by atoms with Crippen LogP contribution >= 0.6 is 0 Å². The summed E-state index contributed by atoms with van der Waals surface area (Å²) in [6.07, 6.45) is 7.78. The Morgan fingerprint density at radius 2 is 1.55 bits per heavy atom. The van der Waals surface area contributed by atoms with E-state index in [2.05, 4.69) is 16.0 Å². The summed E-state index contributed by atoms with van der Waals surface area (Å²) >= 11 is 0. The number of hydrogen-bond donors (Lipinski definition) is 3. The van der Waals surface area contributed by atoms with Crippen LogP contribution in [0.4, 0.5) is 11.4 Å². The van der Waals surface area contributed by atoms with Gasteiger partial charge in [0.1, 0.15) is 0 Å². The van der Waals surface area contributed by atoms with Crippen molar-refractivity contribution in [3.05, 3.63) is 59.7 Å². The van der Waals surface area contributed by atoms with Crippen LogP contribution < -0.4 is 16.0 Å². The molecule has 1 aliphatic heterocycles. The Bertz CT molecular complexity index is 977. The highest BCUT2D eigenvalue weighted by molar-refractivity contribution is 5.97. The number of carbonyl (C=O) groups excluding carboxylic acids is 3. The van der Waals surface area contributed by atoms with E-state index in [0.717, 1.165) is 44.5 Å². The van der Waals surface area contributed by atoms with Crippen LogP contribution in [-0.2, 0) is 4.79 Å². The molecule has 2 aromatic rings. The molecular formula is C26H32N4O3. The molecule has 0 aromatic heterocycles. The quantitative estimate of drug-likeness (QED) is 0.596. The summed E-state index contributed by atoms with van der Waals surface area (Å²) < 4.78 is 0. The summed E-state index contributed by atoms with van der Waals surface area (Å²) in [4.78, 5) is 39.2. The van der Waals surface area contributed by atoms with Crippen molar-refractivity contribution in [2.24, 2.45) is 0 Å². The van der Waals surface area contributed by atoms with E-state index in [4.69, 9.17) is 0 Å². The zero-order valence-corrected chi connectivity index (χ0v) is 18.9. The highest BCUT2D eigenvalue weighted by atomic mass is 16.2. The van der Waals surface area contributed by atoms with Crippen molar-refractivity contribution >= 4 is 29.1 Å². The SMILES string of the molecule is O=C(CNc1cccc(C(=O)N2CCCC2)c1)Nc1ccc(C(=O)NC2CCCCC2)cc1. The van der Waals surface area contributed by atoms with E-state index in [1.165, 1.54) is 19.3 Å². The first kappa shape index (κ1) is 22.8. The van der Waals surface area contributed by atoms with Crippen molar-refractivity contribution < 1.29 is 14.4 Å². The first-order chi connectivity index (χ1) is 16.1. The standard InChI is InChI=1S/C26H32N4O3/c31-24(18-27-23-10-6-7-20(17-23)26(33)30-15-4-5-16-30)28-22-13-11-19(12-14-22)25(32)29-21-8-2-1-3-9-21/h6-7,10-14,17,21,27H,1-5,8-9,15-16,18H2,(H,28,31)(H,29,32). The smallest absolute Gasteiger partial charge is 0.253 e. The molecule has 1 saturated carbocycles. The number of likely N-dealkylation sites (tertiary alicyclic amines) is 1. The summed E-state index contributed by atoms with van der Waals surface area (Å²) in [6.45, 7) is 1.69. The normalized spacial score (nSPS) is 16.3. The lowest BCUT2D eigenvalue weighted by molar-refractivity contribution is -0.114. The predicted molar refractivity (Wildman–Crippen MR) is 129 cm³/mol. The van der Waals surface area contributed by atoms with Crippen LogP contribution in [0.25, 0.3) is 0 Å². The van der Waals surface area contributed by atoms with Gasteiger partial charge >= 0.3 is 0 Å². The zero-order chi connectivity index (χ0) is 23.0. The molecule has 7 nitrogen and oxygen atoms in total. The van der Waals surface area contributed by atoms with Gasteiger partial charge in [-0.1, -0.05) is 25.3 Å². The average Bonchev–Trinajstić information content (AvgIpc) is 3.39. The minimum absolute atomic E-state index is 0.0354. The molecule has 7 heteroatoms. The minimum atomic E-state index is -0.203. The Morgan fingerprint density at radius 3 is 2.27 bits per heavy atom. The van der Waals surface area contributed by atoms with E-state index in [1.807, 2.05) is 17.0 Å². The molecule has 2 fully saturated rings. The van der Waals surface area contributed by atoms with Crippen LogP contribution in [-0.4, -0.2) is 48.3 Å². The van der Waals surface area contributed by atoms with E-state index < -0.39 is 0 Å². The van der Waals surface area contributed by atoms with Gasteiger partial charge in [0.15, 0.2) is 0 Å². The Balaban J connectivity index is 1.25. The van der Waals surface area contributed by atoms with Crippen LogP contribution in [0.3, 0.4) is 0 Å². The number of nitrogens with zero attached hydrogens (tertiary/aromatic N) is 1. The van der Waals surface area contributed by atoms with Gasteiger partial charge in [0.25, 0.3) is 11.8 Å². The Labute approximate surface area is 194 Å². The maximum atomic E-state index is 12.6. The summed E-state index contributed by atoms with van der Waals surface area (Å²) in [6, 6.07) is 14.5. The van der Waals surface area contributed by atoms with E-state index in [0.29, 0.717) is 16.8 Å². The largest absolute Gasteiger partial charge is 0.376 e. The van der Waals surface area contributed by atoms with Crippen LogP contribution in [0.15, 0.2) is 48.5 Å². The molecule has 33 heavy (non-hydrogen) atoms. The van der Waals surface area contributed by atoms with Gasteiger partial charge < -0.3 is 20.9 Å². The highest BCUT2D eigenvalue weighted by Crippen LogP contribution is 2.19. The topological polar surface area (TPSA) is 90.5 Å². The lowest BCUT2D eigenvalue weighted by Crippen LogP contribution is -2.36. The van der Waals surface area contributed by atoms with Crippen LogP contribution in [0, 0.1) is 0 Å². The second-order valence-corrected chi connectivity index (χ2v) is 8.87. The second kappa shape index (κ2) is 11.0. The molecular weight excluding hydrogens is 416 g/mol. The number of anilines is 2. The molecule has 4 rings (SSSR count). The van der Waals surface area contributed by atoms with Crippen molar-refractivity contribution in [2.45, 2.75) is 51.0 Å². The number of hydrogen-bond acceptors (Lipinski definition) is 4. The van der Waals surface area contributed by atoms with Crippen molar-refractivity contribution in [3.8, 4) is 0 Å². The van der Waals surface area contributed by atoms with Crippen LogP contribution in [0.1, 0.15) is 65.7 Å². The molecule has 2 aliphatic rings. The maximum Gasteiger partial charge on any atom is 0.253 e. The molecule has 1 saturated heterocycles. The molecule has 0 atom stereocenters. The van der Waals surface area contributed by atoms with Gasteiger partial charge in [0.2, 0.25) is 5.91 Å². The minimum Gasteiger partial charge on any atom is -0.376 e. The predicted octanol–water partition coefficient (Wildman–Crippen LogP) is 4.04. The fourth-order valence-corrected chi connectivity index (χ4v) is 4.47. The van der Waals surface area contributed by atoms with Crippen molar-refractivity contribution in [1.29, 1.82) is 0 Å². The number of amides is 3. The van der Waals surface area contributed by atoms with Gasteiger partial charge in [-0.25, -0.2) is 0 Å². The van der Waals surface area contributed by atoms with Gasteiger partial charge in [-0.3, -0.25) is 14.4 Å². The zero-order valence-electron chi connectivity index (χ0n) is 18.9. The van der Waals surface area contributed by atoms with Crippen LogP contribution in [0.2, 0.25) is 0 Å². The Kier molecular flexibility index (Phi) is 7.60. The Morgan fingerprint density at radius 1 is 0.818 bits per heavy atom. The maximum absolute atomic E-state index is 12.6. The van der Waals surface area contributed by atoms with E-state index >= 15 is 0 Å². The first-order valence-corrected chi connectivity index (χ1v) is 11.9. The summed E-state index contributed by atoms with van der Waals surface area (Å²) in [5.74, 6) is -0.233. The second-order valence-electron chi connectivity index (χ2n) is 8.87. The van der Waals surface area contributed by atoms with E-state index in [1.54, 1.807) is 36.4 Å². The lowest BCUT2D eigenvalue weighted by atomic mass is 9.95. The summed E-state index contributed by atoms with van der Waals surface area (Å²) in [7, 11) is 0. The summed E-state index contributed by atoms with van der Waals surface area (Å²) in [5, 5.41) is 9.01. The third-order valence-corrected chi connectivity index (χ3v) is 6.33. The van der Waals surface area contributed by atoms with E-state index in [9.17, 15) is 14.4 Å². The van der Waals surface area contributed by atoms with Gasteiger partial charge in [-0.05, 0) is 68.1 Å². The molecule has 174 valence electrons. The van der Waals surface area contributed by atoms with Crippen molar-refractivity contribution in [1.82, 2.24) is 10.2 Å². The molecule has 3 amide bonds. The molecule has 2 aromatic carbocycles. The van der Waals surface area contributed by atoms with Gasteiger partial charge in [0.05, 0.1) is 6.54 Å². The van der Waals surface area contributed by atoms with Gasteiger partial charge in [-0.15, -0.1) is 0 Å². The average molecular weight is 449 g/mol. The number of nitrogens with one attached hydrogen (secondary N) is 3. The molecule has 0 bridgehead atoms. The lowest BCUT2D eigenvalue weighted by Gasteiger charge is -2.22. The fraction of sp³-hybridized carbons (Fsp3) is 0.423. The highest BCUT2D eigenvalue weighted by Gasteiger charge is 2.20. The number of carbonyl (C=O) groups is 3. The third-order valence-electron chi connectivity index (χ3n) is 6.33. The summed E-state index contributed by atoms with van der Waals surface area (Å²) in [5.41, 5.74) is 2.58. The molecule has 0 unspecified atom stereocenters. The van der Waals surface area contributed by atoms with E-state index in [-0.39, 0.29) is 30.3 Å². The Hall–Kier alpha value is -3.35. The van der Waals surface area contributed by atoms with Gasteiger partial charge in [0, 0.05) is 41.6 Å². The molecule has 0 spiro atoms. The third kappa shape index (κ3) is 6.34. The van der Waals surface area contributed by atoms with Crippen molar-refractivity contribution in [2.75, 3.05) is 30.3 Å². The molecule has 1 aliphatic carbocycles. The first-order valence-electron chi connectivity index (χ1n) is 11.9. The van der Waals surface area contributed by atoms with Crippen LogP contribution in [0.5, 0.6) is 0 Å². The van der Waals surface area contributed by atoms with Crippen molar-refractivity contribution in [3.63, 3.8) is 0 Å². The number of benzene rings is 2. The molecule has 0 radical (unpaired) electrons. The molecule has 1 heterocycles. The monoisotopic (exact) mass is 448 g/mol. The fourth-order valence-electron chi connectivity index (χ4n) is 4.47. The van der Waals surface area contributed by atoms with Gasteiger partial charge in [-0.2, -0.15) is 0 Å².